The zero-order valence-corrected chi connectivity index (χ0v) is 17.0. The summed E-state index contributed by atoms with van der Waals surface area (Å²) in [7, 11) is 0. The number of piperazine rings is 1. The van der Waals surface area contributed by atoms with Crippen LogP contribution in [0.4, 0.5) is 16.8 Å². The summed E-state index contributed by atoms with van der Waals surface area (Å²) in [4.78, 5) is 29.5. The molecule has 0 saturated carbocycles. The molecule has 2 aromatic heterocycles. The Balaban J connectivity index is 1.54. The molecule has 0 atom stereocenters. The van der Waals surface area contributed by atoms with E-state index in [0.29, 0.717) is 22.4 Å². The SMILES string of the molecule is CC(C)(C)OC(=O)CN1CCN(c2cc(Nc3ncc(C#N)s3)ncn2)CC1. The summed E-state index contributed by atoms with van der Waals surface area (Å²) in [6.07, 6.45) is 3.03. The molecule has 1 aliphatic heterocycles. The van der Waals surface area contributed by atoms with Gasteiger partial charge in [-0.3, -0.25) is 9.69 Å². The third-order valence-electron chi connectivity index (χ3n) is 3.97. The van der Waals surface area contributed by atoms with Crippen LogP contribution in [0.3, 0.4) is 0 Å². The molecular weight excluding hydrogens is 378 g/mol. The Morgan fingerprint density at radius 3 is 2.68 bits per heavy atom. The number of thiazole rings is 1. The number of hydrogen-bond acceptors (Lipinski definition) is 10. The van der Waals surface area contributed by atoms with Crippen molar-refractivity contribution < 1.29 is 9.53 Å². The predicted molar refractivity (Wildman–Crippen MR) is 107 cm³/mol. The number of nitriles is 1. The number of ether oxygens (including phenoxy) is 1. The highest BCUT2D eigenvalue weighted by molar-refractivity contribution is 7.16. The molecule has 0 radical (unpaired) electrons. The van der Waals surface area contributed by atoms with Crippen LogP contribution < -0.4 is 10.2 Å². The lowest BCUT2D eigenvalue weighted by atomic mass is 10.2. The van der Waals surface area contributed by atoms with Gasteiger partial charge < -0.3 is 15.0 Å². The molecule has 1 N–H and O–H groups in total. The average Bonchev–Trinajstić information content (AvgIpc) is 3.08. The summed E-state index contributed by atoms with van der Waals surface area (Å²) in [5.41, 5.74) is -0.464. The predicted octanol–water partition coefficient (Wildman–Crippen LogP) is 2.01. The monoisotopic (exact) mass is 401 g/mol. The molecule has 0 aromatic carbocycles. The molecule has 10 heteroatoms. The van der Waals surface area contributed by atoms with Gasteiger partial charge in [0, 0.05) is 32.2 Å². The van der Waals surface area contributed by atoms with E-state index < -0.39 is 5.60 Å². The Bertz CT molecular complexity index is 863. The normalized spacial score (nSPS) is 15.1. The molecule has 0 aliphatic carbocycles. The smallest absolute Gasteiger partial charge is 0.320 e. The van der Waals surface area contributed by atoms with Gasteiger partial charge in [0.05, 0.1) is 12.7 Å². The number of carbonyl (C=O) groups excluding carboxylic acids is 1. The number of rotatable bonds is 5. The summed E-state index contributed by atoms with van der Waals surface area (Å²) in [6.45, 7) is 8.94. The van der Waals surface area contributed by atoms with Gasteiger partial charge in [0.15, 0.2) is 5.13 Å². The first-order valence-electron chi connectivity index (χ1n) is 8.96. The van der Waals surface area contributed by atoms with Gasteiger partial charge in [0.2, 0.25) is 0 Å². The Morgan fingerprint density at radius 2 is 2.04 bits per heavy atom. The fourth-order valence-corrected chi connectivity index (χ4v) is 3.39. The first-order chi connectivity index (χ1) is 13.3. The molecule has 28 heavy (non-hydrogen) atoms. The van der Waals surface area contributed by atoms with Gasteiger partial charge in [-0.05, 0) is 20.8 Å². The van der Waals surface area contributed by atoms with Crippen LogP contribution in [-0.4, -0.2) is 64.1 Å². The Labute approximate surface area is 168 Å². The molecule has 9 nitrogen and oxygen atoms in total. The lowest BCUT2D eigenvalue weighted by Gasteiger charge is -2.35. The standard InChI is InChI=1S/C18H23N7O2S/c1-18(2,3)27-16(26)11-24-4-6-25(7-5-24)15-8-14(21-12-22-15)23-17-20-10-13(9-19)28-17/h8,10,12H,4-7,11H2,1-3H3,(H,20,21,22,23). The maximum absolute atomic E-state index is 12.0. The van der Waals surface area contributed by atoms with E-state index in [1.807, 2.05) is 26.8 Å². The van der Waals surface area contributed by atoms with Crippen LogP contribution in [0.5, 0.6) is 0 Å². The van der Waals surface area contributed by atoms with Gasteiger partial charge in [-0.2, -0.15) is 5.26 Å². The van der Waals surface area contributed by atoms with Crippen molar-refractivity contribution in [2.45, 2.75) is 26.4 Å². The third kappa shape index (κ3) is 5.61. The van der Waals surface area contributed by atoms with E-state index in [2.05, 4.69) is 36.1 Å². The molecule has 3 heterocycles. The van der Waals surface area contributed by atoms with E-state index in [4.69, 9.17) is 10.00 Å². The number of nitrogens with zero attached hydrogens (tertiary/aromatic N) is 6. The average molecular weight is 401 g/mol. The van der Waals surface area contributed by atoms with Crippen molar-refractivity contribution in [1.29, 1.82) is 5.26 Å². The molecule has 0 amide bonds. The van der Waals surface area contributed by atoms with E-state index in [1.165, 1.54) is 23.9 Å². The van der Waals surface area contributed by atoms with Crippen LogP contribution in [-0.2, 0) is 9.53 Å². The van der Waals surface area contributed by atoms with Gasteiger partial charge in [0.25, 0.3) is 0 Å². The van der Waals surface area contributed by atoms with Crippen molar-refractivity contribution in [3.8, 4) is 6.07 Å². The zero-order chi connectivity index (χ0) is 20.1. The van der Waals surface area contributed by atoms with Gasteiger partial charge in [-0.25, -0.2) is 15.0 Å². The largest absolute Gasteiger partial charge is 0.459 e. The fraction of sp³-hybridized carbons (Fsp3) is 0.500. The van der Waals surface area contributed by atoms with E-state index >= 15 is 0 Å². The van der Waals surface area contributed by atoms with Gasteiger partial charge in [-0.15, -0.1) is 0 Å². The Kier molecular flexibility index (Phi) is 6.06. The summed E-state index contributed by atoms with van der Waals surface area (Å²) in [5, 5.41) is 12.6. The van der Waals surface area contributed by atoms with Crippen molar-refractivity contribution in [2.75, 3.05) is 42.9 Å². The third-order valence-corrected chi connectivity index (χ3v) is 4.79. The highest BCUT2D eigenvalue weighted by Gasteiger charge is 2.23. The molecule has 1 fully saturated rings. The number of aromatic nitrogens is 3. The lowest BCUT2D eigenvalue weighted by Crippen LogP contribution is -2.49. The minimum atomic E-state index is -0.464. The molecule has 148 valence electrons. The zero-order valence-electron chi connectivity index (χ0n) is 16.2. The van der Waals surface area contributed by atoms with Crippen LogP contribution in [0.15, 0.2) is 18.6 Å². The number of carbonyl (C=O) groups is 1. The Hall–Kier alpha value is -2.77. The second-order valence-corrected chi connectivity index (χ2v) is 8.41. The minimum Gasteiger partial charge on any atom is -0.459 e. The first-order valence-corrected chi connectivity index (χ1v) is 9.78. The maximum Gasteiger partial charge on any atom is 0.320 e. The summed E-state index contributed by atoms with van der Waals surface area (Å²) < 4.78 is 5.39. The molecule has 1 saturated heterocycles. The molecule has 1 aliphatic rings. The first kappa shape index (κ1) is 20.0. The summed E-state index contributed by atoms with van der Waals surface area (Å²) >= 11 is 1.27. The summed E-state index contributed by atoms with van der Waals surface area (Å²) in [6, 6.07) is 3.92. The lowest BCUT2D eigenvalue weighted by molar-refractivity contribution is -0.156. The van der Waals surface area contributed by atoms with Gasteiger partial charge in [0.1, 0.15) is 34.5 Å². The van der Waals surface area contributed by atoms with E-state index in [-0.39, 0.29) is 5.97 Å². The molecule has 3 rings (SSSR count). The van der Waals surface area contributed by atoms with Gasteiger partial charge in [-0.1, -0.05) is 11.3 Å². The molecular formula is C18H23N7O2S. The van der Waals surface area contributed by atoms with Crippen molar-refractivity contribution in [2.24, 2.45) is 0 Å². The number of hydrogen-bond donors (Lipinski definition) is 1. The van der Waals surface area contributed by atoms with Crippen LogP contribution in [0, 0.1) is 11.3 Å². The van der Waals surface area contributed by atoms with Crippen LogP contribution >= 0.6 is 11.3 Å². The van der Waals surface area contributed by atoms with E-state index in [0.717, 1.165) is 32.0 Å². The molecule has 2 aromatic rings. The van der Waals surface area contributed by atoms with Crippen molar-refractivity contribution in [3.05, 3.63) is 23.5 Å². The minimum absolute atomic E-state index is 0.199. The fourth-order valence-electron chi connectivity index (χ4n) is 2.77. The molecule has 0 unspecified atom stereocenters. The number of esters is 1. The maximum atomic E-state index is 12.0. The topological polar surface area (TPSA) is 107 Å². The summed E-state index contributed by atoms with van der Waals surface area (Å²) in [5.74, 6) is 1.24. The number of nitrogens with one attached hydrogen (secondary N) is 1. The van der Waals surface area contributed by atoms with Crippen molar-refractivity contribution in [1.82, 2.24) is 19.9 Å². The highest BCUT2D eigenvalue weighted by atomic mass is 32.1. The van der Waals surface area contributed by atoms with Gasteiger partial charge >= 0.3 is 5.97 Å². The van der Waals surface area contributed by atoms with E-state index in [1.54, 1.807) is 0 Å². The van der Waals surface area contributed by atoms with Crippen molar-refractivity contribution in [3.63, 3.8) is 0 Å². The molecule has 0 bridgehead atoms. The molecule has 0 spiro atoms. The van der Waals surface area contributed by atoms with Crippen molar-refractivity contribution >= 4 is 34.1 Å². The number of anilines is 3. The second kappa shape index (κ2) is 8.50. The van der Waals surface area contributed by atoms with Crippen LogP contribution in [0.1, 0.15) is 25.6 Å². The Morgan fingerprint density at radius 1 is 1.29 bits per heavy atom. The second-order valence-electron chi connectivity index (χ2n) is 7.38. The van der Waals surface area contributed by atoms with Crippen LogP contribution in [0.25, 0.3) is 0 Å². The highest BCUT2D eigenvalue weighted by Crippen LogP contribution is 2.23. The van der Waals surface area contributed by atoms with E-state index in [9.17, 15) is 4.79 Å². The quantitative estimate of drug-likeness (QED) is 0.753. The van der Waals surface area contributed by atoms with Crippen LogP contribution in [0.2, 0.25) is 0 Å².